The van der Waals surface area contributed by atoms with Crippen LogP contribution in [0, 0.1) is 16.0 Å². The average Bonchev–Trinajstić information content (AvgIpc) is 2.87. The maximum Gasteiger partial charge on any atom is 0.308 e. The van der Waals surface area contributed by atoms with Crippen molar-refractivity contribution in [2.24, 2.45) is 5.92 Å². The fourth-order valence-corrected chi connectivity index (χ4v) is 2.90. The molecule has 8 heteroatoms. The van der Waals surface area contributed by atoms with Gasteiger partial charge in [0.05, 0.1) is 16.4 Å². The molecule has 0 aromatic heterocycles. The van der Waals surface area contributed by atoms with Gasteiger partial charge in [0.2, 0.25) is 0 Å². The predicted molar refractivity (Wildman–Crippen MR) is 77.0 cm³/mol. The number of rotatable bonds is 4. The number of carboxylic acid groups (broad SMARTS) is 1. The first-order chi connectivity index (χ1) is 9.90. The zero-order valence-corrected chi connectivity index (χ0v) is 12.5. The van der Waals surface area contributed by atoms with Gasteiger partial charge in [0.25, 0.3) is 11.6 Å². The number of non-ortho nitro benzene ring substituents is 1. The Morgan fingerprint density at radius 1 is 1.38 bits per heavy atom. The number of carboxylic acids is 1. The number of nitro benzene ring substituents is 1. The van der Waals surface area contributed by atoms with Crippen molar-refractivity contribution in [3.8, 4) is 0 Å². The molecule has 0 radical (unpaired) electrons. The smallest absolute Gasteiger partial charge is 0.308 e. The molecule has 0 spiro atoms. The van der Waals surface area contributed by atoms with Gasteiger partial charge in [0.15, 0.2) is 0 Å². The molecule has 0 saturated heterocycles. The number of hydrogen-bond donors (Lipinski definition) is 2. The van der Waals surface area contributed by atoms with E-state index < -0.39 is 28.8 Å². The minimum absolute atomic E-state index is 0.125. The van der Waals surface area contributed by atoms with Crippen molar-refractivity contribution >= 4 is 33.5 Å². The second-order valence-electron chi connectivity index (χ2n) is 4.88. The van der Waals surface area contributed by atoms with E-state index in [1.165, 1.54) is 18.2 Å². The molecule has 2 atom stereocenters. The molecule has 1 saturated carbocycles. The number of aliphatic carboxylic acids is 1. The van der Waals surface area contributed by atoms with Crippen LogP contribution in [0.5, 0.6) is 0 Å². The molecule has 1 fully saturated rings. The fraction of sp³-hybridized carbons (Fsp3) is 0.385. The van der Waals surface area contributed by atoms with Gasteiger partial charge >= 0.3 is 5.97 Å². The Kier molecular flexibility index (Phi) is 4.56. The summed E-state index contributed by atoms with van der Waals surface area (Å²) < 4.78 is 0.426. The first-order valence-corrected chi connectivity index (χ1v) is 7.17. The van der Waals surface area contributed by atoms with Gasteiger partial charge < -0.3 is 10.4 Å². The van der Waals surface area contributed by atoms with Crippen molar-refractivity contribution in [1.29, 1.82) is 0 Å². The quantitative estimate of drug-likeness (QED) is 0.635. The fourth-order valence-electron chi connectivity index (χ4n) is 2.48. The second kappa shape index (κ2) is 6.21. The highest BCUT2D eigenvalue weighted by atomic mass is 79.9. The van der Waals surface area contributed by atoms with Crippen LogP contribution < -0.4 is 5.32 Å². The molecule has 1 aromatic carbocycles. The van der Waals surface area contributed by atoms with Crippen LogP contribution in [0.15, 0.2) is 22.7 Å². The number of hydrogen-bond acceptors (Lipinski definition) is 4. The number of nitrogens with one attached hydrogen (secondary N) is 1. The third kappa shape index (κ3) is 3.38. The standard InChI is InChI=1S/C13H13BrN2O5/c14-10-5-4-7(16(20)21)6-9(10)12(17)15-11-3-1-2-8(11)13(18)19/h4-6,8,11H,1-3H2,(H,15,17)(H,18,19). The lowest BCUT2D eigenvalue weighted by atomic mass is 10.0. The summed E-state index contributed by atoms with van der Waals surface area (Å²) in [4.78, 5) is 33.5. The Bertz CT molecular complexity index is 604. The zero-order valence-electron chi connectivity index (χ0n) is 10.9. The van der Waals surface area contributed by atoms with E-state index in [1.54, 1.807) is 0 Å². The summed E-state index contributed by atoms with van der Waals surface area (Å²) in [5.41, 5.74) is -0.0650. The molecule has 1 aliphatic rings. The van der Waals surface area contributed by atoms with Crippen LogP contribution in [0.25, 0.3) is 0 Å². The normalized spacial score (nSPS) is 21.0. The van der Waals surface area contributed by atoms with Gasteiger partial charge in [-0.25, -0.2) is 0 Å². The predicted octanol–water partition coefficient (Wildman–Crippen LogP) is 2.34. The van der Waals surface area contributed by atoms with Crippen LogP contribution in [-0.2, 0) is 4.79 Å². The number of carbonyl (C=O) groups excluding carboxylic acids is 1. The molecule has 112 valence electrons. The molecule has 0 heterocycles. The Labute approximate surface area is 128 Å². The second-order valence-corrected chi connectivity index (χ2v) is 5.73. The van der Waals surface area contributed by atoms with Gasteiger partial charge in [-0.05, 0) is 34.8 Å². The lowest BCUT2D eigenvalue weighted by Crippen LogP contribution is -2.40. The summed E-state index contributed by atoms with van der Waals surface area (Å²) in [7, 11) is 0. The number of nitrogens with zero attached hydrogens (tertiary/aromatic N) is 1. The molecule has 0 bridgehead atoms. The van der Waals surface area contributed by atoms with Gasteiger partial charge in [-0.3, -0.25) is 19.7 Å². The van der Waals surface area contributed by atoms with E-state index in [0.717, 1.165) is 6.42 Å². The molecular formula is C13H13BrN2O5. The SMILES string of the molecule is O=C(NC1CCCC1C(=O)O)c1cc([N+](=O)[O-])ccc1Br. The largest absolute Gasteiger partial charge is 0.481 e. The summed E-state index contributed by atoms with van der Waals surface area (Å²) in [5, 5.41) is 22.5. The van der Waals surface area contributed by atoms with E-state index in [2.05, 4.69) is 21.2 Å². The first kappa shape index (κ1) is 15.4. The first-order valence-electron chi connectivity index (χ1n) is 6.37. The van der Waals surface area contributed by atoms with E-state index in [4.69, 9.17) is 5.11 Å². The minimum atomic E-state index is -0.934. The lowest BCUT2D eigenvalue weighted by molar-refractivity contribution is -0.384. The van der Waals surface area contributed by atoms with E-state index in [0.29, 0.717) is 17.3 Å². The third-order valence-electron chi connectivity index (χ3n) is 3.56. The number of halogens is 1. The van der Waals surface area contributed by atoms with Crippen LogP contribution >= 0.6 is 15.9 Å². The van der Waals surface area contributed by atoms with Gasteiger partial charge in [0.1, 0.15) is 0 Å². The monoisotopic (exact) mass is 356 g/mol. The Morgan fingerprint density at radius 2 is 2.10 bits per heavy atom. The van der Waals surface area contributed by atoms with E-state index in [1.807, 2.05) is 0 Å². The Morgan fingerprint density at radius 3 is 2.71 bits per heavy atom. The molecule has 2 rings (SSSR count). The van der Waals surface area contributed by atoms with E-state index >= 15 is 0 Å². The molecular weight excluding hydrogens is 344 g/mol. The molecule has 1 aromatic rings. The van der Waals surface area contributed by atoms with Crippen LogP contribution in [0.1, 0.15) is 29.6 Å². The topological polar surface area (TPSA) is 110 Å². The van der Waals surface area contributed by atoms with Gasteiger partial charge in [-0.2, -0.15) is 0 Å². The van der Waals surface area contributed by atoms with Crippen LogP contribution in [-0.4, -0.2) is 27.9 Å². The van der Waals surface area contributed by atoms with Crippen LogP contribution in [0.4, 0.5) is 5.69 Å². The highest BCUT2D eigenvalue weighted by molar-refractivity contribution is 9.10. The average molecular weight is 357 g/mol. The minimum Gasteiger partial charge on any atom is -0.481 e. The summed E-state index contributed by atoms with van der Waals surface area (Å²) in [6.45, 7) is 0. The Balaban J connectivity index is 2.18. The zero-order chi connectivity index (χ0) is 15.6. The molecule has 2 unspecified atom stereocenters. The molecule has 1 amide bonds. The Hall–Kier alpha value is -1.96. The summed E-state index contributed by atoms with van der Waals surface area (Å²) in [6, 6.07) is 3.44. The van der Waals surface area contributed by atoms with E-state index in [-0.39, 0.29) is 11.3 Å². The highest BCUT2D eigenvalue weighted by Crippen LogP contribution is 2.27. The number of amides is 1. The molecule has 21 heavy (non-hydrogen) atoms. The van der Waals surface area contributed by atoms with Gasteiger partial charge in [0, 0.05) is 22.6 Å². The van der Waals surface area contributed by atoms with Crippen molar-refractivity contribution in [1.82, 2.24) is 5.32 Å². The van der Waals surface area contributed by atoms with Crippen LogP contribution in [0.3, 0.4) is 0 Å². The number of nitro groups is 1. The van der Waals surface area contributed by atoms with Crippen molar-refractivity contribution in [3.63, 3.8) is 0 Å². The lowest BCUT2D eigenvalue weighted by Gasteiger charge is -2.17. The van der Waals surface area contributed by atoms with Crippen molar-refractivity contribution < 1.29 is 19.6 Å². The molecule has 1 aliphatic carbocycles. The molecule has 0 aliphatic heterocycles. The van der Waals surface area contributed by atoms with E-state index in [9.17, 15) is 19.7 Å². The molecule has 7 nitrogen and oxygen atoms in total. The molecule has 2 N–H and O–H groups in total. The van der Waals surface area contributed by atoms with Crippen molar-refractivity contribution in [2.45, 2.75) is 25.3 Å². The third-order valence-corrected chi connectivity index (χ3v) is 4.25. The van der Waals surface area contributed by atoms with Crippen molar-refractivity contribution in [2.75, 3.05) is 0 Å². The number of carbonyl (C=O) groups is 2. The summed E-state index contributed by atoms with van der Waals surface area (Å²) in [5.74, 6) is -2.05. The summed E-state index contributed by atoms with van der Waals surface area (Å²) in [6.07, 6.45) is 1.85. The maximum atomic E-state index is 12.2. The maximum absolute atomic E-state index is 12.2. The van der Waals surface area contributed by atoms with Gasteiger partial charge in [-0.1, -0.05) is 6.42 Å². The highest BCUT2D eigenvalue weighted by Gasteiger charge is 2.34. The number of benzene rings is 1. The summed E-state index contributed by atoms with van der Waals surface area (Å²) >= 11 is 3.17. The van der Waals surface area contributed by atoms with Crippen molar-refractivity contribution in [3.05, 3.63) is 38.3 Å². The van der Waals surface area contributed by atoms with Gasteiger partial charge in [-0.15, -0.1) is 0 Å². The van der Waals surface area contributed by atoms with Crippen LogP contribution in [0.2, 0.25) is 0 Å².